The van der Waals surface area contributed by atoms with Crippen LogP contribution >= 0.6 is 31.3 Å². The normalized spacial score (nSPS) is 27.9. The molecule has 0 bridgehead atoms. The van der Waals surface area contributed by atoms with Gasteiger partial charge in [-0.05, 0) is 0 Å². The Morgan fingerprint density at radius 3 is 1.22 bits per heavy atom. The van der Waals surface area contributed by atoms with E-state index >= 15 is 0 Å². The highest BCUT2D eigenvalue weighted by atomic mass is 31.3. The zero-order valence-corrected chi connectivity index (χ0v) is 30.5. The highest BCUT2D eigenvalue weighted by Gasteiger charge is 2.46. The van der Waals surface area contributed by atoms with Crippen molar-refractivity contribution in [3.8, 4) is 0 Å². The number of nitrogens with two attached hydrogens (primary N) is 2. The monoisotopic (exact) mass is 872 g/mol. The quantitative estimate of drug-likeness (QED) is 0.0667. The van der Waals surface area contributed by atoms with E-state index in [1.54, 1.807) is 0 Å². The number of nitrogens with zero attached hydrogens (tertiary/aromatic N) is 8. The van der Waals surface area contributed by atoms with Crippen LogP contribution in [0.25, 0.3) is 22.3 Å². The number of aliphatic hydroxyl groups is 6. The Bertz CT molecular complexity index is 2000. The van der Waals surface area contributed by atoms with Crippen molar-refractivity contribution in [1.29, 1.82) is 0 Å². The zero-order valence-electron chi connectivity index (χ0n) is 26.9. The van der Waals surface area contributed by atoms with Crippen molar-refractivity contribution in [2.75, 3.05) is 24.7 Å². The number of hydrogen-bond donors (Lipinski definition) is 14. The van der Waals surface area contributed by atoms with E-state index in [4.69, 9.17) is 60.5 Å². The minimum absolute atomic E-state index is 0.218. The van der Waals surface area contributed by atoms with Crippen LogP contribution in [0.3, 0.4) is 0 Å². The first kappa shape index (κ1) is 44.7. The number of anilines is 2. The van der Waals surface area contributed by atoms with E-state index in [-0.39, 0.29) is 11.6 Å². The topological polar surface area (TPSA) is 496 Å². The van der Waals surface area contributed by atoms with Crippen molar-refractivity contribution in [2.45, 2.75) is 49.1 Å². The van der Waals surface area contributed by atoms with Gasteiger partial charge in [-0.25, -0.2) is 48.2 Å². The number of ether oxygens (including phenoxy) is 2. The molecule has 6 heterocycles. The Balaban J connectivity index is 0.000000184. The molecule has 0 aliphatic carbocycles. The standard InChI is InChI=1S/2C10H13N5O4.H6O13P4/c2*11-8-5-9(13-2-12-8)15(3-14-5)10-7(18)6(17)4(1-16)19-10;1-14(2,3)11-16(7,8)13-17(9,10)12-15(4,5)6/h2*2-4,6-7,10,16-18H,1H2,(H2,11,12,13);(H,7,8)(H,9,10)(H2,1,2,3)(H2,4,5,6)/t2*4-,6-,7-,10-;/m11./s1. The van der Waals surface area contributed by atoms with Crippen LogP contribution in [0.1, 0.15) is 12.5 Å². The number of imidazole rings is 2. The number of aromatic nitrogens is 8. The molecular weight excluding hydrogens is 840 g/mol. The van der Waals surface area contributed by atoms with Crippen molar-refractivity contribution in [3.05, 3.63) is 25.3 Å². The average molecular weight is 872 g/mol. The van der Waals surface area contributed by atoms with Gasteiger partial charge < -0.3 is 80.9 Å². The number of phosphoric acid groups is 4. The van der Waals surface area contributed by atoms with Crippen molar-refractivity contribution in [2.24, 2.45) is 0 Å². The number of rotatable bonds is 10. The summed E-state index contributed by atoms with van der Waals surface area (Å²) < 4.78 is 64.6. The first-order chi connectivity index (χ1) is 25.4. The van der Waals surface area contributed by atoms with E-state index in [0.717, 1.165) is 0 Å². The van der Waals surface area contributed by atoms with Gasteiger partial charge in [0.05, 0.1) is 25.9 Å². The molecule has 4 aromatic heterocycles. The largest absolute Gasteiger partial charge is 0.490 e. The van der Waals surface area contributed by atoms with Crippen molar-refractivity contribution in [1.82, 2.24) is 39.0 Å². The van der Waals surface area contributed by atoms with Gasteiger partial charge in [0.25, 0.3) is 0 Å². The molecule has 0 saturated carbocycles. The van der Waals surface area contributed by atoms with E-state index in [9.17, 15) is 38.7 Å². The molecule has 2 saturated heterocycles. The molecule has 0 radical (unpaired) electrons. The summed E-state index contributed by atoms with van der Waals surface area (Å²) in [5.41, 5.74) is 12.9. The third kappa shape index (κ3) is 11.1. The van der Waals surface area contributed by atoms with Gasteiger partial charge in [0.15, 0.2) is 35.4 Å². The lowest BCUT2D eigenvalue weighted by molar-refractivity contribution is -0.0511. The molecule has 0 amide bonds. The van der Waals surface area contributed by atoms with Gasteiger partial charge >= 0.3 is 31.3 Å². The molecule has 31 nitrogen and oxygen atoms in total. The minimum Gasteiger partial charge on any atom is -0.394 e. The van der Waals surface area contributed by atoms with Gasteiger partial charge in [0, 0.05) is 0 Å². The predicted octanol–water partition coefficient (Wildman–Crippen LogP) is -4.54. The van der Waals surface area contributed by atoms with Gasteiger partial charge in [-0.15, -0.1) is 0 Å². The number of hydrogen-bond acceptors (Lipinski definition) is 23. The molecule has 35 heteroatoms. The van der Waals surface area contributed by atoms with Crippen molar-refractivity contribution < 1.29 is 101 Å². The van der Waals surface area contributed by atoms with Crippen LogP contribution in [-0.2, 0) is 40.7 Å². The Morgan fingerprint density at radius 1 is 0.582 bits per heavy atom. The van der Waals surface area contributed by atoms with E-state index in [0.29, 0.717) is 22.3 Å². The van der Waals surface area contributed by atoms with Crippen LogP contribution in [0.2, 0.25) is 0 Å². The third-order valence-corrected chi connectivity index (χ3v) is 12.0. The Morgan fingerprint density at radius 2 is 0.927 bits per heavy atom. The first-order valence-corrected chi connectivity index (χ1v) is 20.4. The maximum atomic E-state index is 10.7. The SMILES string of the molecule is Nc1ncnc2c1ncn2[C@@H]1O[C@H](CO)[C@@H](O)[C@H]1O.Nc1ncnc2c1ncn2[C@@H]1O[C@H](CO)[C@@H](O)[C@H]1O.O=P(O)(O)OP(=O)(O)OP(=O)(O)OP(=O)(O)O. The van der Waals surface area contributed by atoms with E-state index in [1.807, 2.05) is 0 Å². The van der Waals surface area contributed by atoms with Gasteiger partial charge in [-0.3, -0.25) is 9.13 Å². The molecule has 0 spiro atoms. The smallest absolute Gasteiger partial charge is 0.394 e. The molecule has 10 atom stereocenters. The third-order valence-electron chi connectivity index (χ3n) is 6.98. The summed E-state index contributed by atoms with van der Waals surface area (Å²) in [6, 6.07) is 0. The summed E-state index contributed by atoms with van der Waals surface area (Å²) in [5, 5.41) is 57.5. The van der Waals surface area contributed by atoms with Crippen molar-refractivity contribution >= 4 is 65.3 Å². The number of fused-ring (bicyclic) bond motifs is 2. The molecular formula is C20H32N10O21P4. The van der Waals surface area contributed by atoms with Crippen LogP contribution in [0.4, 0.5) is 11.6 Å². The molecule has 2 fully saturated rings. The Kier molecular flexibility index (Phi) is 14.0. The fraction of sp³-hybridized carbons (Fsp3) is 0.500. The molecule has 6 rings (SSSR count). The maximum absolute atomic E-state index is 10.7. The van der Waals surface area contributed by atoms with Crippen LogP contribution in [0.15, 0.2) is 25.3 Å². The van der Waals surface area contributed by atoms with Gasteiger partial charge in [0.2, 0.25) is 0 Å². The summed E-state index contributed by atoms with van der Waals surface area (Å²) in [7, 11) is -22.6. The Hall–Kier alpha value is -3.06. The van der Waals surface area contributed by atoms with Crippen LogP contribution in [0.5, 0.6) is 0 Å². The van der Waals surface area contributed by atoms with Crippen LogP contribution in [-0.4, -0.2) is 149 Å². The zero-order chi connectivity index (χ0) is 41.3. The number of aliphatic hydroxyl groups excluding tert-OH is 6. The van der Waals surface area contributed by atoms with Crippen LogP contribution in [0, 0.1) is 0 Å². The second-order valence-electron chi connectivity index (χ2n) is 10.8. The summed E-state index contributed by atoms with van der Waals surface area (Å²) in [6.07, 6.45) is -2.85. The molecule has 0 aromatic carbocycles. The van der Waals surface area contributed by atoms with E-state index in [1.165, 1.54) is 34.4 Å². The first-order valence-electron chi connectivity index (χ1n) is 14.4. The molecule has 4 aromatic rings. The second-order valence-corrected chi connectivity index (χ2v) is 16.6. The number of nitrogen functional groups attached to an aromatic ring is 2. The predicted molar refractivity (Wildman–Crippen MR) is 172 cm³/mol. The highest BCUT2D eigenvalue weighted by molar-refractivity contribution is 7.69. The minimum atomic E-state index is -5.77. The molecule has 55 heavy (non-hydrogen) atoms. The van der Waals surface area contributed by atoms with E-state index < -0.39 is 93.6 Å². The lowest BCUT2D eigenvalue weighted by atomic mass is 10.1. The average Bonchev–Trinajstić information content (AvgIpc) is 3.81. The molecule has 308 valence electrons. The van der Waals surface area contributed by atoms with Gasteiger partial charge in [0.1, 0.15) is 60.3 Å². The summed E-state index contributed by atoms with van der Waals surface area (Å²) >= 11 is 0. The van der Waals surface area contributed by atoms with Gasteiger partial charge in [-0.2, -0.15) is 12.9 Å². The molecule has 2 aliphatic rings. The lowest BCUT2D eigenvalue weighted by Gasteiger charge is -2.16. The fourth-order valence-electron chi connectivity index (χ4n) is 4.76. The Labute approximate surface area is 304 Å². The molecule has 2 aliphatic heterocycles. The summed E-state index contributed by atoms with van der Waals surface area (Å²) in [6.45, 7) is -0.781. The van der Waals surface area contributed by atoms with E-state index in [2.05, 4.69) is 42.8 Å². The summed E-state index contributed by atoms with van der Waals surface area (Å²) in [4.78, 5) is 73.2. The van der Waals surface area contributed by atoms with Crippen LogP contribution < -0.4 is 11.5 Å². The maximum Gasteiger partial charge on any atom is 0.490 e. The molecule has 2 unspecified atom stereocenters. The van der Waals surface area contributed by atoms with Crippen molar-refractivity contribution in [3.63, 3.8) is 0 Å². The molecule has 16 N–H and O–H groups in total. The fourth-order valence-corrected chi connectivity index (χ4v) is 8.73. The van der Waals surface area contributed by atoms with Gasteiger partial charge in [-0.1, -0.05) is 0 Å². The summed E-state index contributed by atoms with van der Waals surface area (Å²) in [5.74, 6) is 0.436. The highest BCUT2D eigenvalue weighted by Crippen LogP contribution is 2.69. The second kappa shape index (κ2) is 17.2. The lowest BCUT2D eigenvalue weighted by Crippen LogP contribution is -2.33.